The van der Waals surface area contributed by atoms with Crippen LogP contribution >= 0.6 is 11.8 Å². The summed E-state index contributed by atoms with van der Waals surface area (Å²) in [5.41, 5.74) is 3.03. The molecular formula is C31H28N4O5S. The van der Waals surface area contributed by atoms with Crippen molar-refractivity contribution < 1.29 is 23.9 Å². The molecule has 2 aliphatic rings. The Morgan fingerprint density at radius 2 is 1.71 bits per heavy atom. The Balaban J connectivity index is 1.20. The number of nitriles is 1. The first-order valence-corrected chi connectivity index (χ1v) is 13.9. The molecule has 10 heteroatoms. The van der Waals surface area contributed by atoms with E-state index in [1.807, 2.05) is 42.5 Å². The molecule has 0 aliphatic carbocycles. The number of anilines is 1. The Morgan fingerprint density at radius 1 is 0.976 bits per heavy atom. The number of rotatable bonds is 8. The van der Waals surface area contributed by atoms with E-state index >= 15 is 0 Å². The van der Waals surface area contributed by atoms with Gasteiger partial charge < -0.3 is 19.3 Å². The molecular weight excluding hydrogens is 540 g/mol. The highest BCUT2D eigenvalue weighted by atomic mass is 32.2. The molecule has 9 nitrogen and oxygen atoms in total. The van der Waals surface area contributed by atoms with Gasteiger partial charge in [-0.15, -0.1) is 0 Å². The fourth-order valence-electron chi connectivity index (χ4n) is 4.68. The smallest absolute Gasteiger partial charge is 0.294 e. The maximum atomic E-state index is 13.1. The van der Waals surface area contributed by atoms with Crippen molar-refractivity contribution in [1.29, 1.82) is 5.26 Å². The van der Waals surface area contributed by atoms with Crippen LogP contribution in [0.5, 0.6) is 11.5 Å². The van der Waals surface area contributed by atoms with Gasteiger partial charge in [-0.1, -0.05) is 42.5 Å². The summed E-state index contributed by atoms with van der Waals surface area (Å²) in [6.45, 7) is 2.32. The SMILES string of the molecule is COc1cc(/C=C2/SC(=O)N(CC(=O)N3CCN(c4ccccc4)CC3)C2=O)ccc1OCc1ccccc1C#N. The molecule has 2 aliphatic heterocycles. The molecule has 3 amide bonds. The normalized spacial score (nSPS) is 16.2. The summed E-state index contributed by atoms with van der Waals surface area (Å²) in [7, 11) is 1.51. The van der Waals surface area contributed by atoms with Crippen LogP contribution in [-0.2, 0) is 16.2 Å². The summed E-state index contributed by atoms with van der Waals surface area (Å²) in [6, 6.07) is 24.5. The van der Waals surface area contributed by atoms with E-state index < -0.39 is 11.1 Å². The van der Waals surface area contributed by atoms with Gasteiger partial charge in [-0.05, 0) is 53.7 Å². The lowest BCUT2D eigenvalue weighted by Gasteiger charge is -2.36. The van der Waals surface area contributed by atoms with E-state index in [-0.39, 0.29) is 24.0 Å². The van der Waals surface area contributed by atoms with Crippen LogP contribution < -0.4 is 14.4 Å². The molecule has 0 atom stereocenters. The van der Waals surface area contributed by atoms with Crippen molar-refractivity contribution >= 4 is 40.6 Å². The molecule has 208 valence electrons. The van der Waals surface area contributed by atoms with Crippen LogP contribution in [0, 0.1) is 11.3 Å². The lowest BCUT2D eigenvalue weighted by atomic mass is 10.1. The van der Waals surface area contributed by atoms with Gasteiger partial charge in [0.15, 0.2) is 11.5 Å². The summed E-state index contributed by atoms with van der Waals surface area (Å²) in [5, 5.41) is 8.82. The number of imide groups is 1. The van der Waals surface area contributed by atoms with Gasteiger partial charge in [0.1, 0.15) is 13.2 Å². The molecule has 5 rings (SSSR count). The molecule has 0 spiro atoms. The summed E-state index contributed by atoms with van der Waals surface area (Å²) >= 11 is 0.809. The molecule has 0 unspecified atom stereocenters. The van der Waals surface area contributed by atoms with E-state index in [1.165, 1.54) is 7.11 Å². The van der Waals surface area contributed by atoms with Gasteiger partial charge in [0.2, 0.25) is 5.91 Å². The lowest BCUT2D eigenvalue weighted by Crippen LogP contribution is -2.51. The van der Waals surface area contributed by atoms with Gasteiger partial charge >= 0.3 is 0 Å². The number of hydrogen-bond acceptors (Lipinski definition) is 8. The van der Waals surface area contributed by atoms with E-state index in [2.05, 4.69) is 11.0 Å². The number of carbonyl (C=O) groups is 3. The van der Waals surface area contributed by atoms with Crippen LogP contribution in [0.15, 0.2) is 77.7 Å². The fraction of sp³-hybridized carbons (Fsp3) is 0.226. The van der Waals surface area contributed by atoms with Crippen molar-refractivity contribution in [1.82, 2.24) is 9.80 Å². The van der Waals surface area contributed by atoms with Crippen LogP contribution in [-0.4, -0.2) is 66.7 Å². The Morgan fingerprint density at radius 3 is 2.44 bits per heavy atom. The maximum absolute atomic E-state index is 13.1. The molecule has 0 aromatic heterocycles. The van der Waals surface area contributed by atoms with Crippen LogP contribution in [0.1, 0.15) is 16.7 Å². The number of benzene rings is 3. The van der Waals surface area contributed by atoms with E-state index in [0.29, 0.717) is 48.8 Å². The number of carbonyl (C=O) groups excluding carboxylic acids is 3. The minimum atomic E-state index is -0.497. The van der Waals surface area contributed by atoms with Crippen molar-refractivity contribution in [3.05, 3.63) is 94.4 Å². The average molecular weight is 569 g/mol. The predicted molar refractivity (Wildman–Crippen MR) is 156 cm³/mol. The second kappa shape index (κ2) is 12.6. The third kappa shape index (κ3) is 6.36. The molecule has 0 radical (unpaired) electrons. The monoisotopic (exact) mass is 568 g/mol. The number of thioether (sulfide) groups is 1. The molecule has 2 saturated heterocycles. The standard InChI is InChI=1S/C31H28N4O5S/c1-39-27-17-22(11-12-26(27)40-21-24-8-6-5-7-23(24)19-32)18-28-30(37)35(31(38)41-28)20-29(36)34-15-13-33(14-16-34)25-9-3-2-4-10-25/h2-12,17-18H,13-16,20-21H2,1H3/b28-18+. The molecule has 3 aromatic carbocycles. The zero-order valence-electron chi connectivity index (χ0n) is 22.5. The number of para-hydroxylation sites is 1. The zero-order valence-corrected chi connectivity index (χ0v) is 23.3. The average Bonchev–Trinajstić information content (AvgIpc) is 3.28. The molecule has 0 bridgehead atoms. The van der Waals surface area contributed by atoms with Gasteiger partial charge in [0.05, 0.1) is 23.6 Å². The number of methoxy groups -OCH3 is 1. The summed E-state index contributed by atoms with van der Waals surface area (Å²) < 4.78 is 11.4. The van der Waals surface area contributed by atoms with Gasteiger partial charge in [-0.2, -0.15) is 5.26 Å². The number of piperazine rings is 1. The quantitative estimate of drug-likeness (QED) is 0.365. The summed E-state index contributed by atoms with van der Waals surface area (Å²) in [5.74, 6) is 0.173. The topological polar surface area (TPSA) is 103 Å². The highest BCUT2D eigenvalue weighted by Gasteiger charge is 2.37. The van der Waals surface area contributed by atoms with Crippen molar-refractivity contribution in [2.75, 3.05) is 44.7 Å². The Labute approximate surface area is 242 Å². The molecule has 0 N–H and O–H groups in total. The van der Waals surface area contributed by atoms with Crippen LogP contribution in [0.4, 0.5) is 10.5 Å². The van der Waals surface area contributed by atoms with Gasteiger partial charge in [0, 0.05) is 37.4 Å². The molecule has 2 heterocycles. The summed E-state index contributed by atoms with van der Waals surface area (Å²) in [4.78, 5) is 43.9. The van der Waals surface area contributed by atoms with E-state index in [1.54, 1.807) is 41.3 Å². The van der Waals surface area contributed by atoms with Crippen molar-refractivity contribution in [3.8, 4) is 17.6 Å². The van der Waals surface area contributed by atoms with Crippen LogP contribution in [0.25, 0.3) is 6.08 Å². The largest absolute Gasteiger partial charge is 0.493 e. The Hall–Kier alpha value is -4.75. The highest BCUT2D eigenvalue weighted by Crippen LogP contribution is 2.35. The van der Waals surface area contributed by atoms with Crippen LogP contribution in [0.2, 0.25) is 0 Å². The van der Waals surface area contributed by atoms with Crippen molar-refractivity contribution in [3.63, 3.8) is 0 Å². The fourth-order valence-corrected chi connectivity index (χ4v) is 5.52. The van der Waals surface area contributed by atoms with E-state index in [4.69, 9.17) is 9.47 Å². The molecule has 0 saturated carbocycles. The minimum Gasteiger partial charge on any atom is -0.493 e. The maximum Gasteiger partial charge on any atom is 0.294 e. The minimum absolute atomic E-state index is 0.188. The van der Waals surface area contributed by atoms with Gasteiger partial charge in [0.25, 0.3) is 11.1 Å². The van der Waals surface area contributed by atoms with E-state index in [9.17, 15) is 19.6 Å². The lowest BCUT2D eigenvalue weighted by molar-refractivity contribution is -0.136. The van der Waals surface area contributed by atoms with Crippen molar-refractivity contribution in [2.24, 2.45) is 0 Å². The predicted octanol–water partition coefficient (Wildman–Crippen LogP) is 4.53. The third-order valence-electron chi connectivity index (χ3n) is 6.93. The third-order valence-corrected chi connectivity index (χ3v) is 7.83. The van der Waals surface area contributed by atoms with Crippen LogP contribution in [0.3, 0.4) is 0 Å². The van der Waals surface area contributed by atoms with Gasteiger partial charge in [-0.25, -0.2) is 0 Å². The number of nitrogens with zero attached hydrogens (tertiary/aromatic N) is 4. The van der Waals surface area contributed by atoms with Gasteiger partial charge in [-0.3, -0.25) is 19.3 Å². The second-order valence-electron chi connectivity index (χ2n) is 9.44. The molecule has 2 fully saturated rings. The number of ether oxygens (including phenoxy) is 2. The summed E-state index contributed by atoms with van der Waals surface area (Å²) in [6.07, 6.45) is 1.60. The first-order valence-electron chi connectivity index (χ1n) is 13.1. The zero-order chi connectivity index (χ0) is 28.8. The Kier molecular flexibility index (Phi) is 8.56. The van der Waals surface area contributed by atoms with E-state index in [0.717, 1.165) is 27.9 Å². The molecule has 41 heavy (non-hydrogen) atoms. The first kappa shape index (κ1) is 27.8. The second-order valence-corrected chi connectivity index (χ2v) is 10.4. The van der Waals surface area contributed by atoms with Crippen molar-refractivity contribution in [2.45, 2.75) is 6.61 Å². The number of amides is 3. The Bertz CT molecular complexity index is 1530. The highest BCUT2D eigenvalue weighted by molar-refractivity contribution is 8.18. The number of hydrogen-bond donors (Lipinski definition) is 0. The first-order chi connectivity index (χ1) is 20.0. The molecule has 3 aromatic rings.